The quantitative estimate of drug-likeness (QED) is 0.755. The first-order chi connectivity index (χ1) is 9.06. The predicted octanol–water partition coefficient (Wildman–Crippen LogP) is 2.18. The van der Waals surface area contributed by atoms with Crippen LogP contribution in [0.4, 0.5) is 5.69 Å². The summed E-state index contributed by atoms with van der Waals surface area (Å²) in [4.78, 5) is 13.7. The maximum atomic E-state index is 11.9. The molecule has 0 aromatic heterocycles. The Morgan fingerprint density at radius 1 is 1.58 bits per heavy atom. The largest absolute Gasteiger partial charge is 0.395 e. The van der Waals surface area contributed by atoms with E-state index in [0.29, 0.717) is 13.1 Å². The zero-order valence-electron chi connectivity index (χ0n) is 11.0. The first-order valence-corrected chi connectivity index (χ1v) is 6.86. The van der Waals surface area contributed by atoms with Crippen molar-refractivity contribution in [2.45, 2.75) is 6.92 Å². The molecule has 19 heavy (non-hydrogen) atoms. The number of hydrogen-bond donors (Lipinski definition) is 2. The van der Waals surface area contributed by atoms with Crippen LogP contribution in [0.2, 0.25) is 0 Å². The summed E-state index contributed by atoms with van der Waals surface area (Å²) < 4.78 is 1.01. The maximum absolute atomic E-state index is 11.9. The van der Waals surface area contributed by atoms with E-state index < -0.39 is 0 Å². The molecule has 0 atom stereocenters. The molecular formula is C14H19BrN2O2. The Balaban J connectivity index is 2.57. The zero-order valence-corrected chi connectivity index (χ0v) is 12.6. The van der Waals surface area contributed by atoms with E-state index in [2.05, 4.69) is 27.8 Å². The summed E-state index contributed by atoms with van der Waals surface area (Å²) in [5.41, 5.74) is 1.84. The van der Waals surface area contributed by atoms with Crippen LogP contribution in [0.5, 0.6) is 0 Å². The summed E-state index contributed by atoms with van der Waals surface area (Å²) in [7, 11) is 0. The third-order valence-corrected chi connectivity index (χ3v) is 3.50. The molecule has 0 aliphatic heterocycles. The fourth-order valence-electron chi connectivity index (χ4n) is 1.68. The van der Waals surface area contributed by atoms with Gasteiger partial charge < -0.3 is 10.4 Å². The van der Waals surface area contributed by atoms with E-state index in [1.807, 2.05) is 30.0 Å². The number of carbonyl (C=O) groups excluding carboxylic acids is 1. The molecule has 4 nitrogen and oxygen atoms in total. The number of nitrogens with zero attached hydrogens (tertiary/aromatic N) is 1. The molecule has 5 heteroatoms. The molecule has 0 radical (unpaired) electrons. The van der Waals surface area contributed by atoms with Crippen molar-refractivity contribution in [3.8, 4) is 0 Å². The number of halogens is 1. The molecule has 2 N–H and O–H groups in total. The molecule has 0 aliphatic carbocycles. The lowest BCUT2D eigenvalue weighted by Crippen LogP contribution is -2.35. The highest BCUT2D eigenvalue weighted by Gasteiger charge is 2.09. The number of hydrogen-bond acceptors (Lipinski definition) is 3. The average molecular weight is 327 g/mol. The lowest BCUT2D eigenvalue weighted by Gasteiger charge is -2.18. The summed E-state index contributed by atoms with van der Waals surface area (Å²) in [6, 6.07) is 5.66. The molecule has 1 amide bonds. The van der Waals surface area contributed by atoms with Gasteiger partial charge in [0.1, 0.15) is 0 Å². The van der Waals surface area contributed by atoms with Crippen molar-refractivity contribution in [1.82, 2.24) is 4.90 Å². The van der Waals surface area contributed by atoms with Crippen molar-refractivity contribution < 1.29 is 9.90 Å². The molecule has 104 valence electrons. The minimum atomic E-state index is -0.1000. The Kier molecular flexibility index (Phi) is 6.77. The van der Waals surface area contributed by atoms with Crippen LogP contribution in [0.3, 0.4) is 0 Å². The van der Waals surface area contributed by atoms with Gasteiger partial charge in [0, 0.05) is 23.2 Å². The molecule has 0 heterocycles. The van der Waals surface area contributed by atoms with E-state index in [9.17, 15) is 4.79 Å². The number of aliphatic hydroxyl groups excluding tert-OH is 1. The van der Waals surface area contributed by atoms with Gasteiger partial charge in [-0.3, -0.25) is 9.69 Å². The zero-order chi connectivity index (χ0) is 14.3. The minimum Gasteiger partial charge on any atom is -0.395 e. The third-order valence-electron chi connectivity index (χ3n) is 2.61. The Bertz CT molecular complexity index is 449. The van der Waals surface area contributed by atoms with Gasteiger partial charge in [0.2, 0.25) is 5.91 Å². The van der Waals surface area contributed by atoms with Gasteiger partial charge in [0.05, 0.1) is 13.2 Å². The average Bonchev–Trinajstić information content (AvgIpc) is 2.34. The van der Waals surface area contributed by atoms with Crippen LogP contribution in [0.25, 0.3) is 0 Å². The summed E-state index contributed by atoms with van der Waals surface area (Å²) in [5, 5.41) is 11.8. The minimum absolute atomic E-state index is 0.0263. The number of carbonyl (C=O) groups is 1. The van der Waals surface area contributed by atoms with E-state index in [0.717, 1.165) is 15.7 Å². The van der Waals surface area contributed by atoms with E-state index in [-0.39, 0.29) is 19.1 Å². The van der Waals surface area contributed by atoms with Gasteiger partial charge in [-0.2, -0.15) is 0 Å². The maximum Gasteiger partial charge on any atom is 0.238 e. The molecule has 0 unspecified atom stereocenters. The van der Waals surface area contributed by atoms with Crippen molar-refractivity contribution in [3.63, 3.8) is 0 Å². The summed E-state index contributed by atoms with van der Waals surface area (Å²) >= 11 is 3.42. The van der Waals surface area contributed by atoms with E-state index in [4.69, 9.17) is 5.11 Å². The van der Waals surface area contributed by atoms with Crippen LogP contribution in [0, 0.1) is 6.92 Å². The number of benzene rings is 1. The van der Waals surface area contributed by atoms with Crippen molar-refractivity contribution in [3.05, 3.63) is 40.9 Å². The summed E-state index contributed by atoms with van der Waals surface area (Å²) in [6.45, 7) is 6.90. The first kappa shape index (κ1) is 15.9. The highest BCUT2D eigenvalue weighted by molar-refractivity contribution is 9.10. The van der Waals surface area contributed by atoms with Crippen LogP contribution in [0.1, 0.15) is 5.56 Å². The molecule has 0 spiro atoms. The van der Waals surface area contributed by atoms with Crippen molar-refractivity contribution >= 4 is 27.5 Å². The number of nitrogens with one attached hydrogen (secondary N) is 1. The summed E-state index contributed by atoms with van der Waals surface area (Å²) in [6.07, 6.45) is 1.71. The molecule has 1 rings (SSSR count). The van der Waals surface area contributed by atoms with Gasteiger partial charge in [-0.1, -0.05) is 22.0 Å². The number of rotatable bonds is 7. The van der Waals surface area contributed by atoms with Crippen molar-refractivity contribution in [2.24, 2.45) is 0 Å². The highest BCUT2D eigenvalue weighted by Crippen LogP contribution is 2.19. The molecule has 0 saturated heterocycles. The van der Waals surface area contributed by atoms with Crippen LogP contribution in [0.15, 0.2) is 35.3 Å². The van der Waals surface area contributed by atoms with Crippen molar-refractivity contribution in [1.29, 1.82) is 0 Å². The normalized spacial score (nSPS) is 10.5. The number of aryl methyl sites for hydroxylation is 1. The Morgan fingerprint density at radius 2 is 2.32 bits per heavy atom. The Hall–Kier alpha value is -1.17. The monoisotopic (exact) mass is 326 g/mol. The second-order valence-corrected chi connectivity index (χ2v) is 5.11. The predicted molar refractivity (Wildman–Crippen MR) is 81.2 cm³/mol. The first-order valence-electron chi connectivity index (χ1n) is 6.07. The molecule has 1 aromatic rings. The van der Waals surface area contributed by atoms with Gasteiger partial charge in [0.15, 0.2) is 0 Å². The fraction of sp³-hybridized carbons (Fsp3) is 0.357. The molecule has 0 fully saturated rings. The highest BCUT2D eigenvalue weighted by atomic mass is 79.9. The number of amides is 1. The third kappa shape index (κ3) is 5.55. The summed E-state index contributed by atoms with van der Waals surface area (Å²) in [5.74, 6) is -0.1000. The van der Waals surface area contributed by atoms with E-state index in [1.54, 1.807) is 6.08 Å². The van der Waals surface area contributed by atoms with Gasteiger partial charge in [-0.25, -0.2) is 0 Å². The fourth-order valence-corrected chi connectivity index (χ4v) is 1.93. The topological polar surface area (TPSA) is 52.6 Å². The second kappa shape index (κ2) is 8.09. The van der Waals surface area contributed by atoms with E-state index in [1.165, 1.54) is 0 Å². The SMILES string of the molecule is C=CCN(CCO)CC(=O)Nc1ccc(Br)c(C)c1. The van der Waals surface area contributed by atoms with Gasteiger partial charge >= 0.3 is 0 Å². The van der Waals surface area contributed by atoms with E-state index >= 15 is 0 Å². The molecule has 0 saturated carbocycles. The van der Waals surface area contributed by atoms with Crippen LogP contribution < -0.4 is 5.32 Å². The van der Waals surface area contributed by atoms with Crippen LogP contribution in [-0.2, 0) is 4.79 Å². The molecular weight excluding hydrogens is 308 g/mol. The standard InChI is InChI=1S/C14H19BrN2O2/c1-3-6-17(7-8-18)10-14(19)16-12-4-5-13(15)11(2)9-12/h3-5,9,18H,1,6-8,10H2,2H3,(H,16,19). The van der Waals surface area contributed by atoms with Crippen LogP contribution in [-0.4, -0.2) is 42.2 Å². The number of aliphatic hydroxyl groups is 1. The lowest BCUT2D eigenvalue weighted by molar-refractivity contribution is -0.117. The van der Waals surface area contributed by atoms with Crippen molar-refractivity contribution in [2.75, 3.05) is 31.6 Å². The lowest BCUT2D eigenvalue weighted by atomic mass is 10.2. The Labute approximate surface area is 122 Å². The van der Waals surface area contributed by atoms with Gasteiger partial charge in [0.25, 0.3) is 0 Å². The molecule has 0 aliphatic rings. The number of anilines is 1. The van der Waals surface area contributed by atoms with Crippen LogP contribution >= 0.6 is 15.9 Å². The molecule has 1 aromatic carbocycles. The molecule has 0 bridgehead atoms. The smallest absolute Gasteiger partial charge is 0.238 e. The second-order valence-electron chi connectivity index (χ2n) is 4.26. The van der Waals surface area contributed by atoms with Gasteiger partial charge in [-0.05, 0) is 30.7 Å². The Morgan fingerprint density at radius 3 is 2.89 bits per heavy atom. The van der Waals surface area contributed by atoms with Gasteiger partial charge in [-0.15, -0.1) is 6.58 Å².